The van der Waals surface area contributed by atoms with E-state index in [4.69, 9.17) is 0 Å². The van der Waals surface area contributed by atoms with Crippen molar-refractivity contribution in [2.75, 3.05) is 25.0 Å². The molecule has 0 radical (unpaired) electrons. The minimum absolute atomic E-state index is 0.0720. The van der Waals surface area contributed by atoms with Gasteiger partial charge < -0.3 is 5.32 Å². The van der Waals surface area contributed by atoms with Crippen LogP contribution < -0.4 is 10.6 Å². The third-order valence-corrected chi connectivity index (χ3v) is 5.29. The lowest BCUT2D eigenvalue weighted by Gasteiger charge is -2.32. The first-order valence-electron chi connectivity index (χ1n) is 8.93. The first-order chi connectivity index (χ1) is 11.8. The van der Waals surface area contributed by atoms with E-state index in [1.54, 1.807) is 0 Å². The fraction of sp³-hybridized carbons (Fsp3) is 0.765. The highest BCUT2D eigenvalue weighted by Crippen LogP contribution is 2.27. The second-order valence-corrected chi connectivity index (χ2v) is 8.58. The fourth-order valence-corrected chi connectivity index (χ4v) is 3.60. The summed E-state index contributed by atoms with van der Waals surface area (Å²) >= 11 is 1.41. The Morgan fingerprint density at radius 3 is 2.68 bits per heavy atom. The van der Waals surface area contributed by atoms with Crippen LogP contribution in [0.15, 0.2) is 0 Å². The quantitative estimate of drug-likeness (QED) is 0.804. The van der Waals surface area contributed by atoms with Crippen LogP contribution >= 0.6 is 11.3 Å². The topological polar surface area (TPSA) is 87.2 Å². The Hall–Kier alpha value is -1.54. The van der Waals surface area contributed by atoms with E-state index in [2.05, 4.69) is 46.5 Å². The van der Waals surface area contributed by atoms with Gasteiger partial charge in [-0.3, -0.25) is 19.8 Å². The lowest BCUT2D eigenvalue weighted by Crippen LogP contribution is -2.49. The molecule has 1 aliphatic rings. The number of nitrogens with one attached hydrogen (secondary N) is 2. The first kappa shape index (κ1) is 19.8. The zero-order chi connectivity index (χ0) is 18.4. The van der Waals surface area contributed by atoms with Crippen LogP contribution in [0.4, 0.5) is 5.13 Å². The monoisotopic (exact) mass is 367 g/mol. The third kappa shape index (κ3) is 6.36. The summed E-state index contributed by atoms with van der Waals surface area (Å²) in [6.07, 6.45) is 3.36. The van der Waals surface area contributed by atoms with E-state index in [9.17, 15) is 9.59 Å². The summed E-state index contributed by atoms with van der Waals surface area (Å²) in [7, 11) is 0. The van der Waals surface area contributed by atoms with Crippen molar-refractivity contribution in [2.24, 2.45) is 0 Å². The van der Waals surface area contributed by atoms with E-state index in [0.717, 1.165) is 30.8 Å². The summed E-state index contributed by atoms with van der Waals surface area (Å²) in [5, 5.41) is 15.5. The van der Waals surface area contributed by atoms with E-state index < -0.39 is 0 Å². The molecule has 2 amide bonds. The van der Waals surface area contributed by atoms with Gasteiger partial charge >= 0.3 is 0 Å². The number of aromatic nitrogens is 2. The van der Waals surface area contributed by atoms with E-state index in [-0.39, 0.29) is 23.3 Å². The van der Waals surface area contributed by atoms with Crippen LogP contribution in [0.5, 0.6) is 0 Å². The zero-order valence-corrected chi connectivity index (χ0v) is 16.4. The number of carbonyl (C=O) groups excluding carboxylic acids is 2. The van der Waals surface area contributed by atoms with Crippen molar-refractivity contribution < 1.29 is 9.59 Å². The maximum atomic E-state index is 12.3. The van der Waals surface area contributed by atoms with Gasteiger partial charge in [-0.15, -0.1) is 10.2 Å². The van der Waals surface area contributed by atoms with Crippen LogP contribution in [0.2, 0.25) is 0 Å². The van der Waals surface area contributed by atoms with Crippen LogP contribution in [0.1, 0.15) is 58.4 Å². The van der Waals surface area contributed by atoms with E-state index in [0.29, 0.717) is 24.6 Å². The fourth-order valence-electron chi connectivity index (χ4n) is 2.78. The second kappa shape index (κ2) is 8.71. The number of anilines is 1. The molecule has 8 heteroatoms. The van der Waals surface area contributed by atoms with E-state index in [1.165, 1.54) is 11.3 Å². The number of likely N-dealkylation sites (tertiary alicyclic amines) is 1. The molecule has 0 spiro atoms. The average molecular weight is 368 g/mol. The number of amides is 2. The van der Waals surface area contributed by atoms with Gasteiger partial charge in [0.25, 0.3) is 0 Å². The van der Waals surface area contributed by atoms with Gasteiger partial charge in [-0.05, 0) is 25.8 Å². The number of rotatable bonds is 6. The van der Waals surface area contributed by atoms with Gasteiger partial charge in [0.1, 0.15) is 5.01 Å². The Morgan fingerprint density at radius 1 is 1.28 bits per heavy atom. The highest BCUT2D eigenvalue weighted by Gasteiger charge is 2.24. The van der Waals surface area contributed by atoms with Crippen LogP contribution in [0, 0.1) is 0 Å². The maximum Gasteiger partial charge on any atom is 0.240 e. The van der Waals surface area contributed by atoms with Crippen molar-refractivity contribution in [1.82, 2.24) is 20.4 Å². The van der Waals surface area contributed by atoms with Crippen molar-refractivity contribution in [1.29, 1.82) is 0 Å². The Morgan fingerprint density at radius 2 is 2.04 bits per heavy atom. The average Bonchev–Trinajstić information content (AvgIpc) is 2.96. The molecule has 0 bridgehead atoms. The molecule has 2 N–H and O–H groups in total. The lowest BCUT2D eigenvalue weighted by molar-refractivity contribution is -0.122. The van der Waals surface area contributed by atoms with E-state index in [1.807, 2.05) is 6.92 Å². The first-order valence-corrected chi connectivity index (χ1v) is 9.75. The molecule has 140 valence electrons. The Labute approximate surface area is 153 Å². The van der Waals surface area contributed by atoms with Crippen LogP contribution in [-0.4, -0.2) is 52.6 Å². The number of piperidine rings is 1. The van der Waals surface area contributed by atoms with Gasteiger partial charge in [0, 0.05) is 24.4 Å². The Kier molecular flexibility index (Phi) is 6.89. The molecular formula is C17H29N5O2S. The van der Waals surface area contributed by atoms with Crippen molar-refractivity contribution in [2.45, 2.75) is 64.8 Å². The smallest absolute Gasteiger partial charge is 0.240 e. The van der Waals surface area contributed by atoms with Crippen molar-refractivity contribution in [3.8, 4) is 0 Å². The number of nitrogens with zero attached hydrogens (tertiary/aromatic N) is 3. The summed E-state index contributed by atoms with van der Waals surface area (Å²) in [6, 6.07) is 0.134. The normalized spacial score (nSPS) is 18.8. The predicted octanol–water partition coefficient (Wildman–Crippen LogP) is 2.15. The molecule has 1 saturated heterocycles. The highest BCUT2D eigenvalue weighted by atomic mass is 32.1. The summed E-state index contributed by atoms with van der Waals surface area (Å²) in [5.74, 6) is 0.0134. The minimum atomic E-state index is -0.0860. The highest BCUT2D eigenvalue weighted by molar-refractivity contribution is 7.15. The molecule has 2 heterocycles. The molecule has 1 aliphatic heterocycles. The summed E-state index contributed by atoms with van der Waals surface area (Å²) in [6.45, 7) is 10.1. The molecule has 25 heavy (non-hydrogen) atoms. The second-order valence-electron chi connectivity index (χ2n) is 7.60. The Balaban J connectivity index is 1.81. The summed E-state index contributed by atoms with van der Waals surface area (Å²) in [5.41, 5.74) is -0.0720. The zero-order valence-electron chi connectivity index (χ0n) is 15.6. The van der Waals surface area contributed by atoms with Gasteiger partial charge in [-0.1, -0.05) is 39.0 Å². The predicted molar refractivity (Wildman–Crippen MR) is 99.8 cm³/mol. The molecule has 0 saturated carbocycles. The summed E-state index contributed by atoms with van der Waals surface area (Å²) in [4.78, 5) is 26.1. The van der Waals surface area contributed by atoms with Crippen molar-refractivity contribution in [3.05, 3.63) is 5.01 Å². The van der Waals surface area contributed by atoms with Crippen molar-refractivity contribution >= 4 is 28.3 Å². The van der Waals surface area contributed by atoms with Crippen LogP contribution in [0.3, 0.4) is 0 Å². The third-order valence-electron chi connectivity index (χ3n) is 4.03. The number of carbonyl (C=O) groups is 2. The van der Waals surface area contributed by atoms with Crippen LogP contribution in [0.25, 0.3) is 0 Å². The molecule has 1 fully saturated rings. The lowest BCUT2D eigenvalue weighted by atomic mass is 9.98. The Bertz CT molecular complexity index is 596. The van der Waals surface area contributed by atoms with Gasteiger partial charge in [0.05, 0.1) is 6.54 Å². The van der Waals surface area contributed by atoms with Gasteiger partial charge in [-0.25, -0.2) is 0 Å². The molecule has 1 aromatic rings. The van der Waals surface area contributed by atoms with Gasteiger partial charge in [-0.2, -0.15) is 0 Å². The molecule has 7 nitrogen and oxygen atoms in total. The molecule has 2 rings (SSSR count). The molecule has 1 unspecified atom stereocenters. The molecule has 1 aromatic heterocycles. The molecule has 0 aromatic carbocycles. The van der Waals surface area contributed by atoms with Gasteiger partial charge in [0.15, 0.2) is 0 Å². The largest absolute Gasteiger partial charge is 0.352 e. The van der Waals surface area contributed by atoms with E-state index >= 15 is 0 Å². The van der Waals surface area contributed by atoms with Crippen LogP contribution in [-0.2, 0) is 15.0 Å². The molecule has 0 aliphatic carbocycles. The van der Waals surface area contributed by atoms with Gasteiger partial charge in [0.2, 0.25) is 16.9 Å². The summed E-state index contributed by atoms with van der Waals surface area (Å²) < 4.78 is 0. The minimum Gasteiger partial charge on any atom is -0.352 e. The maximum absolute atomic E-state index is 12.3. The molecular weight excluding hydrogens is 338 g/mol. The van der Waals surface area contributed by atoms with Crippen molar-refractivity contribution in [3.63, 3.8) is 0 Å². The SMILES string of the molecule is CCCC(=O)NC1CCCN(CC(=O)Nc2nnc(C(C)(C)C)s2)C1. The number of hydrogen-bond donors (Lipinski definition) is 2. The standard InChI is InChI=1S/C17H29N5O2S/c1-5-7-13(23)18-12-8-6-9-22(10-12)11-14(24)19-16-21-20-15(25-16)17(2,3)4/h12H,5-11H2,1-4H3,(H,18,23)(H,19,21,24). The molecule has 1 atom stereocenters. The number of hydrogen-bond acceptors (Lipinski definition) is 6.